The molecule has 3 rings (SSSR count). The summed E-state index contributed by atoms with van der Waals surface area (Å²) < 4.78 is 8.09. The lowest BCUT2D eigenvalue weighted by atomic mass is 10.1. The second-order valence-electron chi connectivity index (χ2n) is 6.86. The summed E-state index contributed by atoms with van der Waals surface area (Å²) in [5, 5.41) is 21.5. The molecular formula is C20H26N6O2S2. The molecule has 3 aromatic rings. The van der Waals surface area contributed by atoms with Gasteiger partial charge >= 0.3 is 0 Å². The van der Waals surface area contributed by atoms with Gasteiger partial charge in [-0.05, 0) is 57.4 Å². The van der Waals surface area contributed by atoms with Crippen LogP contribution in [0.15, 0.2) is 23.4 Å². The van der Waals surface area contributed by atoms with E-state index in [0.717, 1.165) is 34.1 Å². The third-order valence-corrected chi connectivity index (χ3v) is 6.23. The Labute approximate surface area is 184 Å². The number of aromatic nitrogens is 5. The van der Waals surface area contributed by atoms with Crippen LogP contribution in [0.25, 0.3) is 0 Å². The monoisotopic (exact) mass is 446 g/mol. The molecule has 8 nitrogen and oxygen atoms in total. The molecule has 0 fully saturated rings. The second-order valence-corrected chi connectivity index (χ2v) is 8.86. The van der Waals surface area contributed by atoms with Crippen molar-refractivity contribution in [3.8, 4) is 5.75 Å². The number of thioether (sulfide) groups is 1. The van der Waals surface area contributed by atoms with Crippen molar-refractivity contribution in [3.63, 3.8) is 0 Å². The van der Waals surface area contributed by atoms with Gasteiger partial charge in [-0.15, -0.1) is 20.4 Å². The Morgan fingerprint density at radius 3 is 2.53 bits per heavy atom. The minimum atomic E-state index is -0.268. The van der Waals surface area contributed by atoms with Crippen molar-refractivity contribution in [1.29, 1.82) is 0 Å². The molecule has 1 N–H and O–H groups in total. The highest BCUT2D eigenvalue weighted by atomic mass is 32.2. The number of nitrogens with one attached hydrogen (secondary N) is 1. The highest BCUT2D eigenvalue weighted by Gasteiger charge is 2.20. The Morgan fingerprint density at radius 1 is 1.17 bits per heavy atom. The largest absolute Gasteiger partial charge is 0.483 e. The molecule has 0 saturated carbocycles. The summed E-state index contributed by atoms with van der Waals surface area (Å²) in [6.45, 7) is 10.8. The molecule has 1 unspecified atom stereocenters. The summed E-state index contributed by atoms with van der Waals surface area (Å²) >= 11 is 2.73. The van der Waals surface area contributed by atoms with Gasteiger partial charge in [0.25, 0.3) is 0 Å². The predicted octanol–water partition coefficient (Wildman–Crippen LogP) is 4.20. The lowest BCUT2D eigenvalue weighted by Gasteiger charge is -2.16. The number of rotatable bonds is 9. The van der Waals surface area contributed by atoms with Gasteiger partial charge in [0.2, 0.25) is 11.0 Å². The van der Waals surface area contributed by atoms with Crippen LogP contribution < -0.4 is 10.1 Å². The summed E-state index contributed by atoms with van der Waals surface area (Å²) in [4.78, 5) is 12.3. The van der Waals surface area contributed by atoms with Crippen LogP contribution in [-0.2, 0) is 17.8 Å². The van der Waals surface area contributed by atoms with E-state index in [1.165, 1.54) is 23.1 Å². The maximum Gasteiger partial charge on any atom is 0.236 e. The van der Waals surface area contributed by atoms with E-state index in [9.17, 15) is 4.79 Å². The number of nitrogens with zero attached hydrogens (tertiary/aromatic N) is 5. The predicted molar refractivity (Wildman–Crippen MR) is 119 cm³/mol. The van der Waals surface area contributed by atoms with Crippen LogP contribution in [0.1, 0.15) is 48.8 Å². The van der Waals surface area contributed by atoms with Crippen LogP contribution in [0.4, 0.5) is 5.13 Å². The minimum Gasteiger partial charge on any atom is -0.483 e. The van der Waals surface area contributed by atoms with E-state index in [1.807, 2.05) is 51.3 Å². The van der Waals surface area contributed by atoms with E-state index in [2.05, 4.69) is 31.8 Å². The van der Waals surface area contributed by atoms with E-state index in [4.69, 9.17) is 4.74 Å². The van der Waals surface area contributed by atoms with E-state index < -0.39 is 0 Å². The average Bonchev–Trinajstić information content (AvgIpc) is 3.31. The molecule has 160 valence electrons. The highest BCUT2D eigenvalue weighted by Crippen LogP contribution is 2.26. The molecule has 1 amide bonds. The summed E-state index contributed by atoms with van der Waals surface area (Å²) in [6.07, 6.45) is 0.531. The number of aryl methyl sites for hydroxylation is 3. The smallest absolute Gasteiger partial charge is 0.236 e. The standard InChI is InChI=1S/C20H26N6O2S2/c1-6-17-22-24-19(30-17)21-16(27)11-29-20-25-23-18(26(20)7-2)14(5)28-15-9-12(3)8-13(4)10-15/h8-10,14H,6-7,11H2,1-5H3,(H,21,24,27). The normalized spacial score (nSPS) is 12.0. The van der Waals surface area contributed by atoms with Gasteiger partial charge in [0, 0.05) is 6.54 Å². The van der Waals surface area contributed by atoms with Crippen molar-refractivity contribution >= 4 is 34.1 Å². The van der Waals surface area contributed by atoms with Gasteiger partial charge in [0.05, 0.1) is 5.75 Å². The SMILES string of the molecule is CCc1nnc(NC(=O)CSc2nnc(C(C)Oc3cc(C)cc(C)c3)n2CC)s1. The number of ether oxygens (including phenoxy) is 1. The van der Waals surface area contributed by atoms with Gasteiger partial charge in [0.15, 0.2) is 17.1 Å². The maximum atomic E-state index is 12.3. The lowest BCUT2D eigenvalue weighted by Crippen LogP contribution is -2.15. The van der Waals surface area contributed by atoms with Crippen LogP contribution >= 0.6 is 23.1 Å². The Kier molecular flexibility index (Phi) is 7.43. The quantitative estimate of drug-likeness (QED) is 0.492. The topological polar surface area (TPSA) is 94.8 Å². The fourth-order valence-corrected chi connectivity index (χ4v) is 4.50. The number of anilines is 1. The fraction of sp³-hybridized carbons (Fsp3) is 0.450. The van der Waals surface area contributed by atoms with E-state index >= 15 is 0 Å². The first-order chi connectivity index (χ1) is 14.4. The van der Waals surface area contributed by atoms with Crippen LogP contribution in [0.3, 0.4) is 0 Å². The first kappa shape index (κ1) is 22.2. The number of amides is 1. The molecule has 30 heavy (non-hydrogen) atoms. The first-order valence-corrected chi connectivity index (χ1v) is 11.6. The van der Waals surface area contributed by atoms with Crippen molar-refractivity contribution in [2.45, 2.75) is 58.8 Å². The van der Waals surface area contributed by atoms with Gasteiger partial charge in [0.1, 0.15) is 10.8 Å². The fourth-order valence-electron chi connectivity index (χ4n) is 2.99. The molecule has 0 saturated heterocycles. The molecule has 2 aromatic heterocycles. The maximum absolute atomic E-state index is 12.3. The molecule has 0 spiro atoms. The zero-order valence-corrected chi connectivity index (χ0v) is 19.4. The number of hydrogen-bond donors (Lipinski definition) is 1. The summed E-state index contributed by atoms with van der Waals surface area (Å²) in [6, 6.07) is 6.12. The van der Waals surface area contributed by atoms with Gasteiger partial charge in [-0.25, -0.2) is 0 Å². The Morgan fingerprint density at radius 2 is 1.90 bits per heavy atom. The number of carbonyl (C=O) groups is 1. The third kappa shape index (κ3) is 5.57. The molecule has 0 aliphatic carbocycles. The van der Waals surface area contributed by atoms with Crippen molar-refractivity contribution in [3.05, 3.63) is 40.2 Å². The van der Waals surface area contributed by atoms with Crippen LogP contribution in [-0.4, -0.2) is 36.6 Å². The molecule has 10 heteroatoms. The summed E-state index contributed by atoms with van der Waals surface area (Å²) in [5.41, 5.74) is 2.30. The van der Waals surface area contributed by atoms with Gasteiger partial charge in [-0.3, -0.25) is 10.1 Å². The number of hydrogen-bond acceptors (Lipinski definition) is 8. The zero-order chi connectivity index (χ0) is 21.7. The van der Waals surface area contributed by atoms with E-state index in [0.29, 0.717) is 16.8 Å². The van der Waals surface area contributed by atoms with Crippen LogP contribution in [0.5, 0.6) is 5.75 Å². The van der Waals surface area contributed by atoms with Crippen molar-refractivity contribution in [2.75, 3.05) is 11.1 Å². The molecule has 0 bridgehead atoms. The molecule has 1 aromatic carbocycles. The summed E-state index contributed by atoms with van der Waals surface area (Å²) in [7, 11) is 0. The summed E-state index contributed by atoms with van der Waals surface area (Å²) in [5.74, 6) is 1.61. The highest BCUT2D eigenvalue weighted by molar-refractivity contribution is 7.99. The Hall–Kier alpha value is -2.46. The number of benzene rings is 1. The van der Waals surface area contributed by atoms with Crippen molar-refractivity contribution in [1.82, 2.24) is 25.0 Å². The van der Waals surface area contributed by atoms with Crippen LogP contribution in [0.2, 0.25) is 0 Å². The van der Waals surface area contributed by atoms with Crippen molar-refractivity contribution < 1.29 is 9.53 Å². The zero-order valence-electron chi connectivity index (χ0n) is 17.8. The van der Waals surface area contributed by atoms with Crippen molar-refractivity contribution in [2.24, 2.45) is 0 Å². The molecule has 1 atom stereocenters. The molecule has 0 aliphatic heterocycles. The third-order valence-electron chi connectivity index (χ3n) is 4.28. The first-order valence-electron chi connectivity index (χ1n) is 9.82. The Bertz CT molecular complexity index is 996. The molecule has 2 heterocycles. The second kappa shape index (κ2) is 10.0. The van der Waals surface area contributed by atoms with E-state index in [-0.39, 0.29) is 17.8 Å². The molecular weight excluding hydrogens is 420 g/mol. The van der Waals surface area contributed by atoms with Gasteiger partial charge < -0.3 is 9.30 Å². The van der Waals surface area contributed by atoms with Crippen LogP contribution in [0, 0.1) is 13.8 Å². The number of carbonyl (C=O) groups excluding carboxylic acids is 1. The lowest BCUT2D eigenvalue weighted by molar-refractivity contribution is -0.113. The van der Waals surface area contributed by atoms with E-state index in [1.54, 1.807) is 0 Å². The minimum absolute atomic E-state index is 0.148. The molecule has 0 radical (unpaired) electrons. The Balaban J connectivity index is 1.63. The van der Waals surface area contributed by atoms with Gasteiger partial charge in [-0.2, -0.15) is 0 Å². The molecule has 0 aliphatic rings. The van der Waals surface area contributed by atoms with Gasteiger partial charge in [-0.1, -0.05) is 36.1 Å². The average molecular weight is 447 g/mol.